The SMILES string of the molecule is CC(=O)Nc1cccc(NC(=S)NCc2ccc(Cl)cc2)c1. The van der Waals surface area contributed by atoms with E-state index in [1.165, 1.54) is 6.92 Å². The Morgan fingerprint density at radius 2 is 1.73 bits per heavy atom. The third kappa shape index (κ3) is 5.35. The summed E-state index contributed by atoms with van der Waals surface area (Å²) in [4.78, 5) is 11.1. The minimum atomic E-state index is -0.111. The lowest BCUT2D eigenvalue weighted by Gasteiger charge is -2.12. The first kappa shape index (κ1) is 16.3. The second kappa shape index (κ2) is 7.77. The van der Waals surface area contributed by atoms with Crippen molar-refractivity contribution < 1.29 is 4.79 Å². The number of nitrogens with one attached hydrogen (secondary N) is 3. The van der Waals surface area contributed by atoms with Gasteiger partial charge in [-0.3, -0.25) is 4.79 Å². The summed E-state index contributed by atoms with van der Waals surface area (Å²) in [5.74, 6) is -0.111. The molecular formula is C16H16ClN3OS. The zero-order chi connectivity index (χ0) is 15.9. The van der Waals surface area contributed by atoms with Crippen LogP contribution in [-0.2, 0) is 11.3 Å². The molecule has 0 spiro atoms. The maximum Gasteiger partial charge on any atom is 0.221 e. The van der Waals surface area contributed by atoms with Crippen molar-refractivity contribution in [2.45, 2.75) is 13.5 Å². The second-order valence-corrected chi connectivity index (χ2v) is 5.54. The van der Waals surface area contributed by atoms with Crippen LogP contribution in [0.5, 0.6) is 0 Å². The molecule has 1 amide bonds. The van der Waals surface area contributed by atoms with Gasteiger partial charge in [0.25, 0.3) is 0 Å². The number of rotatable bonds is 4. The average Bonchev–Trinajstić information content (AvgIpc) is 2.46. The quantitative estimate of drug-likeness (QED) is 0.745. The molecule has 114 valence electrons. The van der Waals surface area contributed by atoms with Crippen molar-refractivity contribution in [3.63, 3.8) is 0 Å². The highest BCUT2D eigenvalue weighted by Crippen LogP contribution is 2.15. The number of thiocarbonyl (C=S) groups is 1. The van der Waals surface area contributed by atoms with E-state index in [1.807, 2.05) is 48.5 Å². The second-order valence-electron chi connectivity index (χ2n) is 4.70. The van der Waals surface area contributed by atoms with Gasteiger partial charge in [-0.05, 0) is 48.1 Å². The zero-order valence-corrected chi connectivity index (χ0v) is 13.6. The minimum Gasteiger partial charge on any atom is -0.358 e. The molecule has 0 saturated heterocycles. The summed E-state index contributed by atoms with van der Waals surface area (Å²) < 4.78 is 0. The predicted octanol–water partition coefficient (Wildman–Crippen LogP) is 3.79. The molecule has 0 aromatic heterocycles. The van der Waals surface area contributed by atoms with Crippen LogP contribution in [0.3, 0.4) is 0 Å². The highest BCUT2D eigenvalue weighted by molar-refractivity contribution is 7.80. The van der Waals surface area contributed by atoms with E-state index >= 15 is 0 Å². The molecule has 0 unspecified atom stereocenters. The van der Waals surface area contributed by atoms with E-state index in [2.05, 4.69) is 16.0 Å². The first-order chi connectivity index (χ1) is 10.5. The molecular weight excluding hydrogens is 318 g/mol. The lowest BCUT2D eigenvalue weighted by atomic mass is 10.2. The van der Waals surface area contributed by atoms with E-state index in [1.54, 1.807) is 0 Å². The Morgan fingerprint density at radius 3 is 2.36 bits per heavy atom. The number of anilines is 2. The van der Waals surface area contributed by atoms with Crippen LogP contribution < -0.4 is 16.0 Å². The molecule has 0 heterocycles. The number of carbonyl (C=O) groups excluding carboxylic acids is 1. The molecule has 0 saturated carbocycles. The van der Waals surface area contributed by atoms with Crippen LogP contribution in [0.4, 0.5) is 11.4 Å². The Labute approximate surface area is 139 Å². The van der Waals surface area contributed by atoms with E-state index in [0.717, 1.165) is 16.9 Å². The standard InChI is InChI=1S/C16H16ClN3OS/c1-11(21)19-14-3-2-4-15(9-14)20-16(22)18-10-12-5-7-13(17)8-6-12/h2-9H,10H2,1H3,(H,19,21)(H2,18,20,22). The molecule has 0 aliphatic carbocycles. The lowest BCUT2D eigenvalue weighted by Crippen LogP contribution is -2.27. The van der Waals surface area contributed by atoms with Crippen LogP contribution in [0, 0.1) is 0 Å². The van der Waals surface area contributed by atoms with Gasteiger partial charge in [-0.1, -0.05) is 29.8 Å². The van der Waals surface area contributed by atoms with Gasteiger partial charge < -0.3 is 16.0 Å². The van der Waals surface area contributed by atoms with Crippen LogP contribution in [0.15, 0.2) is 48.5 Å². The summed E-state index contributed by atoms with van der Waals surface area (Å²) in [5.41, 5.74) is 2.61. The molecule has 3 N–H and O–H groups in total. The van der Waals surface area contributed by atoms with Crippen molar-refractivity contribution in [3.05, 3.63) is 59.1 Å². The minimum absolute atomic E-state index is 0.111. The molecule has 6 heteroatoms. The van der Waals surface area contributed by atoms with E-state index < -0.39 is 0 Å². The molecule has 0 bridgehead atoms. The molecule has 2 aromatic carbocycles. The predicted molar refractivity (Wildman–Crippen MR) is 95.3 cm³/mol. The van der Waals surface area contributed by atoms with Gasteiger partial charge in [0.2, 0.25) is 5.91 Å². The summed E-state index contributed by atoms with van der Waals surface area (Å²) in [6.45, 7) is 2.08. The van der Waals surface area contributed by atoms with Gasteiger partial charge in [0.05, 0.1) is 0 Å². The molecule has 2 aromatic rings. The fourth-order valence-electron chi connectivity index (χ4n) is 1.84. The summed E-state index contributed by atoms with van der Waals surface area (Å²) in [6, 6.07) is 14.9. The summed E-state index contributed by atoms with van der Waals surface area (Å²) in [6.07, 6.45) is 0. The molecule has 2 rings (SSSR count). The van der Waals surface area contributed by atoms with Gasteiger partial charge in [0.15, 0.2) is 5.11 Å². The van der Waals surface area contributed by atoms with Gasteiger partial charge in [-0.25, -0.2) is 0 Å². The molecule has 0 aliphatic heterocycles. The zero-order valence-electron chi connectivity index (χ0n) is 12.0. The van der Waals surface area contributed by atoms with Crippen molar-refractivity contribution >= 4 is 46.2 Å². The van der Waals surface area contributed by atoms with E-state index in [0.29, 0.717) is 16.7 Å². The maximum absolute atomic E-state index is 11.1. The molecule has 4 nitrogen and oxygen atoms in total. The van der Waals surface area contributed by atoms with E-state index in [9.17, 15) is 4.79 Å². The van der Waals surface area contributed by atoms with Crippen LogP contribution in [0.2, 0.25) is 5.02 Å². The molecule has 0 atom stereocenters. The fraction of sp³-hybridized carbons (Fsp3) is 0.125. The van der Waals surface area contributed by atoms with Crippen molar-refractivity contribution in [1.29, 1.82) is 0 Å². The van der Waals surface area contributed by atoms with E-state index in [4.69, 9.17) is 23.8 Å². The average molecular weight is 334 g/mol. The molecule has 0 fully saturated rings. The first-order valence-electron chi connectivity index (χ1n) is 6.70. The highest BCUT2D eigenvalue weighted by Gasteiger charge is 2.01. The molecule has 22 heavy (non-hydrogen) atoms. The number of benzene rings is 2. The van der Waals surface area contributed by atoms with Crippen molar-refractivity contribution in [1.82, 2.24) is 5.32 Å². The number of carbonyl (C=O) groups is 1. The largest absolute Gasteiger partial charge is 0.358 e. The monoisotopic (exact) mass is 333 g/mol. The molecule has 0 radical (unpaired) electrons. The Bertz CT molecular complexity index is 673. The Kier molecular flexibility index (Phi) is 5.75. The Balaban J connectivity index is 1.89. The Morgan fingerprint density at radius 1 is 1.09 bits per heavy atom. The van der Waals surface area contributed by atoms with Gasteiger partial charge in [0, 0.05) is 29.9 Å². The third-order valence-corrected chi connectivity index (χ3v) is 3.31. The fourth-order valence-corrected chi connectivity index (χ4v) is 2.15. The van der Waals surface area contributed by atoms with Crippen molar-refractivity contribution in [3.8, 4) is 0 Å². The van der Waals surface area contributed by atoms with Crippen LogP contribution in [0.1, 0.15) is 12.5 Å². The number of halogens is 1. The number of hydrogen-bond acceptors (Lipinski definition) is 2. The van der Waals surface area contributed by atoms with Crippen LogP contribution in [-0.4, -0.2) is 11.0 Å². The maximum atomic E-state index is 11.1. The van der Waals surface area contributed by atoms with Crippen molar-refractivity contribution in [2.75, 3.05) is 10.6 Å². The first-order valence-corrected chi connectivity index (χ1v) is 7.48. The lowest BCUT2D eigenvalue weighted by molar-refractivity contribution is -0.114. The Hall–Kier alpha value is -2.11. The van der Waals surface area contributed by atoms with Gasteiger partial charge >= 0.3 is 0 Å². The topological polar surface area (TPSA) is 53.2 Å². The van der Waals surface area contributed by atoms with Gasteiger partial charge in [-0.15, -0.1) is 0 Å². The highest BCUT2D eigenvalue weighted by atomic mass is 35.5. The smallest absolute Gasteiger partial charge is 0.221 e. The third-order valence-electron chi connectivity index (χ3n) is 2.81. The summed E-state index contributed by atoms with van der Waals surface area (Å²) in [5, 5.41) is 10.1. The van der Waals surface area contributed by atoms with Crippen LogP contribution in [0.25, 0.3) is 0 Å². The summed E-state index contributed by atoms with van der Waals surface area (Å²) in [7, 11) is 0. The number of hydrogen-bond donors (Lipinski definition) is 3. The van der Waals surface area contributed by atoms with Gasteiger partial charge in [-0.2, -0.15) is 0 Å². The van der Waals surface area contributed by atoms with E-state index in [-0.39, 0.29) is 5.91 Å². The van der Waals surface area contributed by atoms with Gasteiger partial charge in [0.1, 0.15) is 0 Å². The summed E-state index contributed by atoms with van der Waals surface area (Å²) >= 11 is 11.1. The normalized spacial score (nSPS) is 9.91. The van der Waals surface area contributed by atoms with Crippen molar-refractivity contribution in [2.24, 2.45) is 0 Å². The van der Waals surface area contributed by atoms with Crippen LogP contribution >= 0.6 is 23.8 Å². The number of amides is 1. The molecule has 0 aliphatic rings.